The lowest BCUT2D eigenvalue weighted by atomic mass is 10.4. The van der Waals surface area contributed by atoms with Gasteiger partial charge in [-0.05, 0) is 32.2 Å². The second-order valence-corrected chi connectivity index (χ2v) is 3.55. The summed E-state index contributed by atoms with van der Waals surface area (Å²) in [5.41, 5.74) is 0.959. The van der Waals surface area contributed by atoms with Crippen molar-refractivity contribution in [1.82, 2.24) is 9.88 Å². The first-order valence-electron chi connectivity index (χ1n) is 4.08. The Morgan fingerprint density at radius 3 is 2.75 bits per heavy atom. The maximum atomic E-state index is 5.02. The minimum Gasteiger partial charge on any atom is -0.360 e. The Kier molecular flexibility index (Phi) is 3.62. The molecule has 1 rings (SSSR count). The lowest BCUT2D eigenvalue weighted by molar-refractivity contribution is 0.391. The molecule has 12 heavy (non-hydrogen) atoms. The lowest BCUT2D eigenvalue weighted by Gasteiger charge is -1.99. The van der Waals surface area contributed by atoms with Crippen LogP contribution < -0.4 is 4.72 Å². The van der Waals surface area contributed by atoms with Crippen LogP contribution in [0.15, 0.2) is 9.42 Å². The molecule has 0 saturated heterocycles. The van der Waals surface area contributed by atoms with Crippen molar-refractivity contribution in [3.63, 3.8) is 0 Å². The first kappa shape index (κ1) is 9.61. The molecule has 1 heterocycles. The first-order chi connectivity index (χ1) is 5.75. The molecule has 0 unspecified atom stereocenters. The molecule has 0 aromatic carbocycles. The molecule has 0 spiro atoms. The van der Waals surface area contributed by atoms with E-state index < -0.39 is 0 Å². The van der Waals surface area contributed by atoms with Crippen molar-refractivity contribution in [2.45, 2.75) is 32.1 Å². The van der Waals surface area contributed by atoms with Crippen molar-refractivity contribution in [1.29, 1.82) is 0 Å². The van der Waals surface area contributed by atoms with Gasteiger partial charge in [-0.3, -0.25) is 4.72 Å². The number of aromatic nitrogens is 1. The number of hydrogen-bond donors (Lipinski definition) is 1. The molecule has 0 saturated carbocycles. The zero-order chi connectivity index (χ0) is 8.97. The summed E-state index contributed by atoms with van der Waals surface area (Å²) >= 11 is 1.60. The van der Waals surface area contributed by atoms with E-state index in [-0.39, 0.29) is 0 Å². The minimum absolute atomic E-state index is 0.890. The molecule has 0 amide bonds. The maximum Gasteiger partial charge on any atom is 0.148 e. The van der Waals surface area contributed by atoms with Gasteiger partial charge < -0.3 is 4.52 Å². The van der Waals surface area contributed by atoms with E-state index in [0.717, 1.165) is 29.3 Å². The van der Waals surface area contributed by atoms with Crippen molar-refractivity contribution >= 4 is 11.9 Å². The van der Waals surface area contributed by atoms with E-state index in [2.05, 4.69) is 16.8 Å². The van der Waals surface area contributed by atoms with E-state index in [9.17, 15) is 0 Å². The third-order valence-electron chi connectivity index (χ3n) is 1.49. The molecule has 0 aliphatic rings. The van der Waals surface area contributed by atoms with Crippen LogP contribution in [0.5, 0.6) is 0 Å². The fourth-order valence-electron chi connectivity index (χ4n) is 0.846. The van der Waals surface area contributed by atoms with Gasteiger partial charge >= 0.3 is 0 Å². The van der Waals surface area contributed by atoms with Crippen molar-refractivity contribution in [2.24, 2.45) is 0 Å². The molecule has 0 bridgehead atoms. The highest BCUT2D eigenvalue weighted by molar-refractivity contribution is 7.97. The van der Waals surface area contributed by atoms with E-state index >= 15 is 0 Å². The predicted molar refractivity (Wildman–Crippen MR) is 50.1 cm³/mol. The lowest BCUT2D eigenvalue weighted by Crippen LogP contribution is -2.03. The van der Waals surface area contributed by atoms with Crippen LogP contribution in [-0.4, -0.2) is 11.7 Å². The van der Waals surface area contributed by atoms with Gasteiger partial charge in [0.25, 0.3) is 0 Å². The van der Waals surface area contributed by atoms with Gasteiger partial charge in [0.1, 0.15) is 5.76 Å². The SMILES string of the molecule is CCCNSc1c(C)noc1C. The van der Waals surface area contributed by atoms with Crippen LogP contribution in [0.25, 0.3) is 0 Å². The number of nitrogens with one attached hydrogen (secondary N) is 1. The van der Waals surface area contributed by atoms with Crippen LogP contribution in [0.1, 0.15) is 24.8 Å². The molecule has 1 aromatic rings. The summed E-state index contributed by atoms with van der Waals surface area (Å²) in [5.74, 6) is 0.890. The van der Waals surface area contributed by atoms with Crippen LogP contribution in [-0.2, 0) is 0 Å². The van der Waals surface area contributed by atoms with Gasteiger partial charge in [0.2, 0.25) is 0 Å². The zero-order valence-corrected chi connectivity index (χ0v) is 8.49. The average molecular weight is 186 g/mol. The molecular formula is C8H14N2OS. The summed E-state index contributed by atoms with van der Waals surface area (Å²) in [6.07, 6.45) is 1.14. The number of hydrogen-bond acceptors (Lipinski definition) is 4. The Morgan fingerprint density at radius 2 is 2.25 bits per heavy atom. The van der Waals surface area contributed by atoms with Crippen LogP contribution in [0.2, 0.25) is 0 Å². The van der Waals surface area contributed by atoms with Gasteiger partial charge in [0, 0.05) is 6.54 Å². The van der Waals surface area contributed by atoms with Crippen LogP contribution in [0.4, 0.5) is 0 Å². The quantitative estimate of drug-likeness (QED) is 0.578. The first-order valence-corrected chi connectivity index (χ1v) is 4.90. The van der Waals surface area contributed by atoms with Gasteiger partial charge in [-0.15, -0.1) is 0 Å². The smallest absolute Gasteiger partial charge is 0.148 e. The molecule has 0 radical (unpaired) electrons. The second-order valence-electron chi connectivity index (χ2n) is 2.65. The Bertz CT molecular complexity index is 228. The number of aryl methyl sites for hydroxylation is 2. The predicted octanol–water partition coefficient (Wildman–Crippen LogP) is 2.30. The van der Waals surface area contributed by atoms with Crippen LogP contribution in [0.3, 0.4) is 0 Å². The molecule has 1 N–H and O–H groups in total. The van der Waals surface area contributed by atoms with Crippen LogP contribution >= 0.6 is 11.9 Å². The molecule has 4 heteroatoms. The maximum absolute atomic E-state index is 5.02. The average Bonchev–Trinajstić information content (AvgIpc) is 2.35. The van der Waals surface area contributed by atoms with E-state index in [0.29, 0.717) is 0 Å². The summed E-state index contributed by atoms with van der Waals surface area (Å²) in [6.45, 7) is 7.03. The normalized spacial score (nSPS) is 10.6. The van der Waals surface area contributed by atoms with E-state index in [1.54, 1.807) is 11.9 Å². The van der Waals surface area contributed by atoms with Gasteiger partial charge in [0.15, 0.2) is 0 Å². The zero-order valence-electron chi connectivity index (χ0n) is 7.68. The summed E-state index contributed by atoms with van der Waals surface area (Å²) in [5, 5.41) is 3.86. The number of nitrogens with zero attached hydrogens (tertiary/aromatic N) is 1. The fourth-order valence-corrected chi connectivity index (χ4v) is 1.66. The molecule has 1 aromatic heterocycles. The van der Waals surface area contributed by atoms with Gasteiger partial charge in [-0.25, -0.2) is 0 Å². The molecule has 0 atom stereocenters. The molecular weight excluding hydrogens is 172 g/mol. The van der Waals surface area contributed by atoms with E-state index in [1.165, 1.54) is 0 Å². The largest absolute Gasteiger partial charge is 0.360 e. The molecule has 68 valence electrons. The third-order valence-corrected chi connectivity index (χ3v) is 2.63. The number of rotatable bonds is 4. The fraction of sp³-hybridized carbons (Fsp3) is 0.625. The standard InChI is InChI=1S/C8H14N2OS/c1-4-5-9-12-8-6(2)10-11-7(8)3/h9H,4-5H2,1-3H3. The van der Waals surface area contributed by atoms with Gasteiger partial charge in [0.05, 0.1) is 10.6 Å². The molecule has 0 aliphatic carbocycles. The summed E-state index contributed by atoms with van der Waals surface area (Å²) in [7, 11) is 0. The molecule has 0 fully saturated rings. The summed E-state index contributed by atoms with van der Waals surface area (Å²) in [6, 6.07) is 0. The summed E-state index contributed by atoms with van der Waals surface area (Å²) in [4.78, 5) is 1.11. The van der Waals surface area contributed by atoms with E-state index in [1.807, 2.05) is 13.8 Å². The Balaban J connectivity index is 2.50. The second kappa shape index (κ2) is 4.52. The summed E-state index contributed by atoms with van der Waals surface area (Å²) < 4.78 is 8.25. The Labute approximate surface area is 77.0 Å². The van der Waals surface area contributed by atoms with E-state index in [4.69, 9.17) is 4.52 Å². The topological polar surface area (TPSA) is 38.1 Å². The van der Waals surface area contributed by atoms with Crippen LogP contribution in [0, 0.1) is 13.8 Å². The van der Waals surface area contributed by atoms with Gasteiger partial charge in [-0.2, -0.15) is 0 Å². The van der Waals surface area contributed by atoms with Crippen molar-refractivity contribution in [3.8, 4) is 0 Å². The highest BCUT2D eigenvalue weighted by Gasteiger charge is 2.08. The van der Waals surface area contributed by atoms with Crippen molar-refractivity contribution in [2.75, 3.05) is 6.54 Å². The van der Waals surface area contributed by atoms with Crippen molar-refractivity contribution < 1.29 is 4.52 Å². The monoisotopic (exact) mass is 186 g/mol. The molecule has 3 nitrogen and oxygen atoms in total. The molecule has 0 aliphatic heterocycles. The Hall–Kier alpha value is -0.480. The Morgan fingerprint density at radius 1 is 1.50 bits per heavy atom. The minimum atomic E-state index is 0.890. The highest BCUT2D eigenvalue weighted by atomic mass is 32.2. The van der Waals surface area contributed by atoms with Crippen molar-refractivity contribution in [3.05, 3.63) is 11.5 Å². The van der Waals surface area contributed by atoms with Gasteiger partial charge in [-0.1, -0.05) is 12.1 Å². The highest BCUT2D eigenvalue weighted by Crippen LogP contribution is 2.22. The third kappa shape index (κ3) is 2.25.